The second kappa shape index (κ2) is 6.61. The van der Waals surface area contributed by atoms with Gasteiger partial charge in [0.25, 0.3) is 0 Å². The molecule has 0 aromatic carbocycles. The lowest BCUT2D eigenvalue weighted by Gasteiger charge is -2.34. The van der Waals surface area contributed by atoms with Crippen LogP contribution in [-0.2, 0) is 4.79 Å². The Labute approximate surface area is 121 Å². The van der Waals surface area contributed by atoms with Crippen LogP contribution >= 0.6 is 32.9 Å². The van der Waals surface area contributed by atoms with E-state index in [1.165, 1.54) is 0 Å². The van der Waals surface area contributed by atoms with Gasteiger partial charge in [0.15, 0.2) is 0 Å². The Morgan fingerprint density at radius 3 is 2.94 bits per heavy atom. The second-order valence-corrected chi connectivity index (χ2v) is 5.11. The summed E-state index contributed by atoms with van der Waals surface area (Å²) in [4.78, 5) is 17.6. The Kier molecular flexibility index (Phi) is 5.76. The van der Waals surface area contributed by atoms with Gasteiger partial charge in [-0.3, -0.25) is 4.90 Å². The molecule has 2 unspecified atom stereocenters. The van der Waals surface area contributed by atoms with Crippen LogP contribution in [0.5, 0.6) is 0 Å². The van der Waals surface area contributed by atoms with Crippen LogP contribution in [-0.4, -0.2) is 29.8 Å². The fourth-order valence-corrected chi connectivity index (χ4v) is 2.55. The van der Waals surface area contributed by atoms with Crippen molar-refractivity contribution >= 4 is 39.2 Å². The molecule has 2 atom stereocenters. The Morgan fingerprint density at radius 1 is 1.53 bits per heavy atom. The number of pyridine rings is 1. The maximum atomic E-state index is 10.9. The van der Waals surface area contributed by atoms with Crippen LogP contribution in [0.15, 0.2) is 22.8 Å². The van der Waals surface area contributed by atoms with E-state index in [1.807, 2.05) is 18.2 Å². The molecule has 5 heteroatoms. The van der Waals surface area contributed by atoms with Crippen LogP contribution in [0.25, 0.3) is 0 Å². The molecule has 2 heterocycles. The van der Waals surface area contributed by atoms with Crippen molar-refractivity contribution in [2.75, 3.05) is 13.6 Å². The number of hydrogen-bond acceptors (Lipinski definition) is 3. The third kappa shape index (κ3) is 3.60. The van der Waals surface area contributed by atoms with E-state index in [4.69, 9.17) is 0 Å². The molecular weight excluding hydrogens is 348 g/mol. The molecule has 0 N–H and O–H groups in total. The lowest BCUT2D eigenvalue weighted by atomic mass is 9.90. The van der Waals surface area contributed by atoms with Gasteiger partial charge in [0.1, 0.15) is 10.9 Å². The lowest BCUT2D eigenvalue weighted by Crippen LogP contribution is -2.34. The first kappa shape index (κ1) is 14.8. The summed E-state index contributed by atoms with van der Waals surface area (Å²) in [7, 11) is 2.09. The molecule has 1 aromatic rings. The van der Waals surface area contributed by atoms with Gasteiger partial charge in [0.05, 0.1) is 11.7 Å². The molecule has 3 nitrogen and oxygen atoms in total. The SMILES string of the molecule is Br.CN1CCC(C=O)CC1c1cccc(Br)n1. The number of carbonyl (C=O) groups excluding carboxylic acids is 1. The summed E-state index contributed by atoms with van der Waals surface area (Å²) in [5.41, 5.74) is 1.04. The molecule has 0 radical (unpaired) electrons. The summed E-state index contributed by atoms with van der Waals surface area (Å²) in [6.07, 6.45) is 2.92. The van der Waals surface area contributed by atoms with Gasteiger partial charge in [-0.25, -0.2) is 4.98 Å². The number of aldehydes is 1. The van der Waals surface area contributed by atoms with Crippen molar-refractivity contribution in [2.45, 2.75) is 18.9 Å². The van der Waals surface area contributed by atoms with E-state index < -0.39 is 0 Å². The molecule has 1 aromatic heterocycles. The molecule has 0 aliphatic carbocycles. The van der Waals surface area contributed by atoms with Crippen molar-refractivity contribution in [2.24, 2.45) is 5.92 Å². The van der Waals surface area contributed by atoms with Crippen molar-refractivity contribution in [3.05, 3.63) is 28.5 Å². The molecule has 0 amide bonds. The minimum atomic E-state index is 0. The zero-order chi connectivity index (χ0) is 11.5. The van der Waals surface area contributed by atoms with Gasteiger partial charge in [-0.15, -0.1) is 17.0 Å². The van der Waals surface area contributed by atoms with Crippen molar-refractivity contribution in [3.8, 4) is 0 Å². The standard InChI is InChI=1S/C12H15BrN2O.BrH/c1-15-6-5-9(8-16)7-11(15)10-3-2-4-12(13)14-10;/h2-4,8-9,11H,5-7H2,1H3;1H. The van der Waals surface area contributed by atoms with Gasteiger partial charge in [-0.1, -0.05) is 6.07 Å². The Bertz CT molecular complexity index is 387. The van der Waals surface area contributed by atoms with Crippen LogP contribution in [0.3, 0.4) is 0 Å². The summed E-state index contributed by atoms with van der Waals surface area (Å²) < 4.78 is 0.853. The van der Waals surface area contributed by atoms with Crippen molar-refractivity contribution in [3.63, 3.8) is 0 Å². The lowest BCUT2D eigenvalue weighted by molar-refractivity contribution is -0.112. The largest absolute Gasteiger partial charge is 0.303 e. The molecule has 1 saturated heterocycles. The molecular formula is C12H16Br2N2O. The third-order valence-electron chi connectivity index (χ3n) is 3.18. The van der Waals surface area contributed by atoms with E-state index >= 15 is 0 Å². The zero-order valence-corrected chi connectivity index (χ0v) is 13.0. The first-order chi connectivity index (χ1) is 7.70. The number of halogens is 2. The van der Waals surface area contributed by atoms with Gasteiger partial charge in [0, 0.05) is 5.92 Å². The highest BCUT2D eigenvalue weighted by atomic mass is 79.9. The van der Waals surface area contributed by atoms with Crippen LogP contribution in [0, 0.1) is 5.92 Å². The van der Waals surface area contributed by atoms with Gasteiger partial charge in [-0.2, -0.15) is 0 Å². The summed E-state index contributed by atoms with van der Waals surface area (Å²) in [6.45, 7) is 0.961. The smallest absolute Gasteiger partial charge is 0.123 e. The summed E-state index contributed by atoms with van der Waals surface area (Å²) in [5, 5.41) is 0. The zero-order valence-electron chi connectivity index (χ0n) is 9.67. The first-order valence-electron chi connectivity index (χ1n) is 5.48. The maximum absolute atomic E-state index is 10.9. The van der Waals surface area contributed by atoms with E-state index in [9.17, 15) is 4.79 Å². The molecule has 2 rings (SSSR count). The molecule has 0 spiro atoms. The van der Waals surface area contributed by atoms with Crippen LogP contribution in [0.4, 0.5) is 0 Å². The normalized spacial score (nSPS) is 25.1. The van der Waals surface area contributed by atoms with Gasteiger partial charge < -0.3 is 4.79 Å². The number of carbonyl (C=O) groups is 1. The molecule has 1 aliphatic rings. The predicted octanol–water partition coefficient (Wildman–Crippen LogP) is 3.00. The predicted molar refractivity (Wildman–Crippen MR) is 76.4 cm³/mol. The molecule has 1 aliphatic heterocycles. The second-order valence-electron chi connectivity index (χ2n) is 4.30. The Hall–Kier alpha value is -0.260. The average molecular weight is 364 g/mol. The molecule has 1 fully saturated rings. The average Bonchev–Trinajstić information content (AvgIpc) is 2.30. The molecule has 17 heavy (non-hydrogen) atoms. The third-order valence-corrected chi connectivity index (χ3v) is 3.62. The van der Waals surface area contributed by atoms with Gasteiger partial charge in [0.2, 0.25) is 0 Å². The molecule has 0 saturated carbocycles. The highest BCUT2D eigenvalue weighted by molar-refractivity contribution is 9.10. The highest BCUT2D eigenvalue weighted by Crippen LogP contribution is 2.31. The van der Waals surface area contributed by atoms with Crippen molar-refractivity contribution in [1.82, 2.24) is 9.88 Å². The van der Waals surface area contributed by atoms with Crippen LogP contribution < -0.4 is 0 Å². The fourth-order valence-electron chi connectivity index (χ4n) is 2.19. The van der Waals surface area contributed by atoms with Crippen LogP contribution in [0.2, 0.25) is 0 Å². The van der Waals surface area contributed by atoms with E-state index in [2.05, 4.69) is 32.9 Å². The minimum Gasteiger partial charge on any atom is -0.303 e. The number of piperidine rings is 1. The van der Waals surface area contributed by atoms with Gasteiger partial charge in [-0.05, 0) is 54.5 Å². The summed E-state index contributed by atoms with van der Waals surface area (Å²) >= 11 is 3.38. The first-order valence-corrected chi connectivity index (χ1v) is 6.28. The van der Waals surface area contributed by atoms with Crippen LogP contribution in [0.1, 0.15) is 24.6 Å². The van der Waals surface area contributed by atoms with E-state index in [0.717, 1.165) is 36.0 Å². The van der Waals surface area contributed by atoms with E-state index in [1.54, 1.807) is 0 Å². The van der Waals surface area contributed by atoms with Gasteiger partial charge >= 0.3 is 0 Å². The van der Waals surface area contributed by atoms with E-state index in [0.29, 0.717) is 0 Å². The number of likely N-dealkylation sites (tertiary alicyclic amines) is 1. The van der Waals surface area contributed by atoms with Crippen molar-refractivity contribution in [1.29, 1.82) is 0 Å². The number of aromatic nitrogens is 1. The topological polar surface area (TPSA) is 33.2 Å². The Balaban J connectivity index is 0.00000144. The van der Waals surface area contributed by atoms with E-state index in [-0.39, 0.29) is 28.9 Å². The maximum Gasteiger partial charge on any atom is 0.123 e. The summed E-state index contributed by atoms with van der Waals surface area (Å²) in [6, 6.07) is 6.20. The Morgan fingerprint density at radius 2 is 2.29 bits per heavy atom. The fraction of sp³-hybridized carbons (Fsp3) is 0.500. The quantitative estimate of drug-likeness (QED) is 0.598. The monoisotopic (exact) mass is 362 g/mol. The summed E-state index contributed by atoms with van der Waals surface area (Å²) in [5.74, 6) is 0.182. The van der Waals surface area contributed by atoms with Crippen molar-refractivity contribution < 1.29 is 4.79 Å². The number of rotatable bonds is 2. The molecule has 0 bridgehead atoms. The highest BCUT2D eigenvalue weighted by Gasteiger charge is 2.27. The number of hydrogen-bond donors (Lipinski definition) is 0. The molecule has 94 valence electrons. The number of nitrogens with zero attached hydrogens (tertiary/aromatic N) is 2. The minimum absolute atomic E-state index is 0.